The Hall–Kier alpha value is -4.07. The number of aromatic amines is 1. The van der Waals surface area contributed by atoms with Crippen molar-refractivity contribution in [3.05, 3.63) is 95.7 Å². The van der Waals surface area contributed by atoms with E-state index >= 15 is 0 Å². The Morgan fingerprint density at radius 1 is 0.800 bits per heavy atom. The molecule has 35 heavy (non-hydrogen) atoms. The minimum Gasteiger partial charge on any atom is -0.369 e. The number of anilines is 1. The van der Waals surface area contributed by atoms with E-state index in [0.29, 0.717) is 0 Å². The molecule has 1 N–H and O–H groups in total. The zero-order chi connectivity index (χ0) is 23.8. The molecule has 5 aromatic rings. The average Bonchev–Trinajstić information content (AvgIpc) is 3.27. The summed E-state index contributed by atoms with van der Waals surface area (Å²) in [4.78, 5) is 12.9. The lowest BCUT2D eigenvalue weighted by Gasteiger charge is -2.34. The van der Waals surface area contributed by atoms with Gasteiger partial charge in [0.05, 0.1) is 0 Å². The topological polar surface area (TPSA) is 35.2 Å². The normalized spacial score (nSPS) is 14.3. The number of aromatic nitrogens is 2. The lowest BCUT2D eigenvalue weighted by molar-refractivity contribution is 0.313. The molecule has 0 amide bonds. The number of nitrogens with one attached hydrogen (secondary N) is 1. The second-order valence-electron chi connectivity index (χ2n) is 9.37. The van der Waals surface area contributed by atoms with Crippen LogP contribution >= 0.6 is 0 Å². The van der Waals surface area contributed by atoms with E-state index in [1.807, 2.05) is 24.4 Å². The van der Waals surface area contributed by atoms with Crippen LogP contribution in [0.5, 0.6) is 0 Å². The SMILES string of the molecule is Cc1ccccc1C#Cc1ccnc2[nH]c3ccc(-c4ccc(N5CCN(C)CC5)cc4)cc3c12. The Morgan fingerprint density at radius 3 is 2.34 bits per heavy atom. The molecule has 0 atom stereocenters. The second kappa shape index (κ2) is 8.94. The van der Waals surface area contributed by atoms with Gasteiger partial charge in [-0.3, -0.25) is 0 Å². The number of nitrogens with zero attached hydrogens (tertiary/aromatic N) is 3. The highest BCUT2D eigenvalue weighted by atomic mass is 15.2. The van der Waals surface area contributed by atoms with Crippen LogP contribution in [-0.4, -0.2) is 48.1 Å². The number of aryl methyl sites for hydroxylation is 1. The average molecular weight is 457 g/mol. The van der Waals surface area contributed by atoms with E-state index in [4.69, 9.17) is 0 Å². The molecule has 1 aliphatic rings. The van der Waals surface area contributed by atoms with Crippen LogP contribution in [0, 0.1) is 18.8 Å². The number of piperazine rings is 1. The van der Waals surface area contributed by atoms with Gasteiger partial charge in [0.25, 0.3) is 0 Å². The quantitative estimate of drug-likeness (QED) is 0.339. The third-order valence-electron chi connectivity index (χ3n) is 7.04. The zero-order valence-electron chi connectivity index (χ0n) is 20.2. The summed E-state index contributed by atoms with van der Waals surface area (Å²) in [5.41, 5.74) is 8.90. The molecule has 0 radical (unpaired) electrons. The summed E-state index contributed by atoms with van der Waals surface area (Å²) in [7, 11) is 2.19. The molecule has 4 heteroatoms. The molecule has 1 saturated heterocycles. The molecule has 1 fully saturated rings. The molecule has 2 aromatic heterocycles. The molecule has 172 valence electrons. The molecule has 0 spiro atoms. The lowest BCUT2D eigenvalue weighted by Crippen LogP contribution is -2.44. The highest BCUT2D eigenvalue weighted by molar-refractivity contribution is 6.09. The Bertz CT molecular complexity index is 1580. The van der Waals surface area contributed by atoms with Crippen molar-refractivity contribution in [1.29, 1.82) is 0 Å². The van der Waals surface area contributed by atoms with Gasteiger partial charge in [0, 0.05) is 65.5 Å². The summed E-state index contributed by atoms with van der Waals surface area (Å²) in [6, 6.07) is 25.8. The predicted octanol–water partition coefficient (Wildman–Crippen LogP) is 5.84. The largest absolute Gasteiger partial charge is 0.369 e. The zero-order valence-corrected chi connectivity index (χ0v) is 20.2. The highest BCUT2D eigenvalue weighted by Crippen LogP contribution is 2.32. The van der Waals surface area contributed by atoms with E-state index in [2.05, 4.69) is 100 Å². The molecule has 0 bridgehead atoms. The molecule has 6 rings (SSSR count). The van der Waals surface area contributed by atoms with E-state index in [1.165, 1.54) is 22.4 Å². The summed E-state index contributed by atoms with van der Waals surface area (Å²) >= 11 is 0. The first kappa shape index (κ1) is 21.5. The van der Waals surface area contributed by atoms with Crippen molar-refractivity contribution >= 4 is 27.6 Å². The van der Waals surface area contributed by atoms with Gasteiger partial charge in [-0.05, 0) is 67.1 Å². The monoisotopic (exact) mass is 456 g/mol. The first-order valence-electron chi connectivity index (χ1n) is 12.2. The molecule has 3 aromatic carbocycles. The minimum atomic E-state index is 0.874. The van der Waals surface area contributed by atoms with Gasteiger partial charge in [-0.2, -0.15) is 0 Å². The number of rotatable bonds is 2. The van der Waals surface area contributed by atoms with Crippen LogP contribution in [-0.2, 0) is 0 Å². The maximum atomic E-state index is 4.59. The van der Waals surface area contributed by atoms with Crippen LogP contribution < -0.4 is 4.90 Å². The number of hydrogen-bond donors (Lipinski definition) is 1. The van der Waals surface area contributed by atoms with Gasteiger partial charge in [-0.1, -0.05) is 48.2 Å². The fraction of sp³-hybridized carbons (Fsp3) is 0.194. The van der Waals surface area contributed by atoms with Crippen molar-refractivity contribution < 1.29 is 0 Å². The van der Waals surface area contributed by atoms with E-state index in [1.54, 1.807) is 0 Å². The first-order chi connectivity index (χ1) is 17.2. The number of H-pyrrole nitrogens is 1. The fourth-order valence-electron chi connectivity index (χ4n) is 4.88. The minimum absolute atomic E-state index is 0.874. The third-order valence-corrected chi connectivity index (χ3v) is 7.04. The predicted molar refractivity (Wildman–Crippen MR) is 146 cm³/mol. The summed E-state index contributed by atoms with van der Waals surface area (Å²) < 4.78 is 0. The number of fused-ring (bicyclic) bond motifs is 3. The number of benzene rings is 3. The number of likely N-dealkylation sites (N-methyl/N-ethyl adjacent to an activating group) is 1. The Morgan fingerprint density at radius 2 is 1.54 bits per heavy atom. The second-order valence-corrected chi connectivity index (χ2v) is 9.37. The van der Waals surface area contributed by atoms with Gasteiger partial charge in [-0.15, -0.1) is 0 Å². The highest BCUT2D eigenvalue weighted by Gasteiger charge is 2.15. The fourth-order valence-corrected chi connectivity index (χ4v) is 4.88. The maximum absolute atomic E-state index is 4.59. The van der Waals surface area contributed by atoms with Gasteiger partial charge in [0.15, 0.2) is 0 Å². The smallest absolute Gasteiger partial charge is 0.139 e. The van der Waals surface area contributed by atoms with Crippen molar-refractivity contribution in [2.45, 2.75) is 6.92 Å². The standard InChI is InChI=1S/C31H28N4/c1-22-5-3-4-6-23(22)7-8-25-15-16-32-31-30(25)28-21-26(11-14-29(28)33-31)24-9-12-27(13-10-24)35-19-17-34(2)18-20-35/h3-6,9-16,21H,17-20H2,1-2H3,(H,32,33). The van der Waals surface area contributed by atoms with Crippen LogP contribution in [0.2, 0.25) is 0 Å². The first-order valence-corrected chi connectivity index (χ1v) is 12.2. The van der Waals surface area contributed by atoms with Crippen molar-refractivity contribution in [2.75, 3.05) is 38.1 Å². The van der Waals surface area contributed by atoms with Crippen molar-refractivity contribution in [3.8, 4) is 23.0 Å². The van der Waals surface area contributed by atoms with Crippen LogP contribution in [0.1, 0.15) is 16.7 Å². The van der Waals surface area contributed by atoms with Gasteiger partial charge >= 0.3 is 0 Å². The Labute approximate surface area is 206 Å². The van der Waals surface area contributed by atoms with Gasteiger partial charge < -0.3 is 14.8 Å². The van der Waals surface area contributed by atoms with E-state index in [-0.39, 0.29) is 0 Å². The Kier molecular flexibility index (Phi) is 5.48. The number of pyridine rings is 1. The van der Waals surface area contributed by atoms with Crippen molar-refractivity contribution in [1.82, 2.24) is 14.9 Å². The molecular formula is C31H28N4. The molecular weight excluding hydrogens is 428 g/mol. The van der Waals surface area contributed by atoms with Gasteiger partial charge in [0.1, 0.15) is 5.65 Å². The molecule has 0 unspecified atom stereocenters. The molecule has 0 saturated carbocycles. The van der Waals surface area contributed by atoms with E-state index < -0.39 is 0 Å². The van der Waals surface area contributed by atoms with Gasteiger partial charge in [0.2, 0.25) is 0 Å². The van der Waals surface area contributed by atoms with E-state index in [9.17, 15) is 0 Å². The summed E-state index contributed by atoms with van der Waals surface area (Å²) in [5, 5.41) is 2.24. The van der Waals surface area contributed by atoms with Crippen LogP contribution in [0.25, 0.3) is 33.1 Å². The number of hydrogen-bond acceptors (Lipinski definition) is 3. The maximum Gasteiger partial charge on any atom is 0.139 e. The molecule has 1 aliphatic heterocycles. The lowest BCUT2D eigenvalue weighted by atomic mass is 10.0. The van der Waals surface area contributed by atoms with E-state index in [0.717, 1.165) is 59.2 Å². The van der Waals surface area contributed by atoms with Crippen LogP contribution in [0.4, 0.5) is 5.69 Å². The van der Waals surface area contributed by atoms with Gasteiger partial charge in [-0.25, -0.2) is 4.98 Å². The van der Waals surface area contributed by atoms with Crippen LogP contribution in [0.15, 0.2) is 79.0 Å². The molecule has 0 aliphatic carbocycles. The van der Waals surface area contributed by atoms with Crippen molar-refractivity contribution in [3.63, 3.8) is 0 Å². The van der Waals surface area contributed by atoms with Crippen molar-refractivity contribution in [2.24, 2.45) is 0 Å². The third kappa shape index (κ3) is 4.16. The van der Waals surface area contributed by atoms with Crippen LogP contribution in [0.3, 0.4) is 0 Å². The molecule has 4 nitrogen and oxygen atoms in total. The Balaban J connectivity index is 1.38. The molecule has 3 heterocycles. The summed E-state index contributed by atoms with van der Waals surface area (Å²) in [6.07, 6.45) is 1.83. The summed E-state index contributed by atoms with van der Waals surface area (Å²) in [5.74, 6) is 6.77. The summed E-state index contributed by atoms with van der Waals surface area (Å²) in [6.45, 7) is 6.48.